The number of rotatable bonds is 7. The summed E-state index contributed by atoms with van der Waals surface area (Å²) >= 11 is 6.22. The number of allylic oxidation sites excluding steroid dienone is 1. The molecule has 0 aromatic heterocycles. The average molecular weight is 299 g/mol. The van der Waals surface area contributed by atoms with Crippen LogP contribution in [0.1, 0.15) is 32.8 Å². The molecule has 1 aromatic carbocycles. The van der Waals surface area contributed by atoms with Crippen molar-refractivity contribution in [2.75, 3.05) is 13.2 Å². The first-order valence-electron chi connectivity index (χ1n) is 6.47. The average Bonchev–Trinajstić information content (AvgIpc) is 2.39. The molecule has 0 heterocycles. The zero-order chi connectivity index (χ0) is 15.1. The molecule has 0 aliphatic rings. The molecule has 0 fully saturated rings. The van der Waals surface area contributed by atoms with E-state index in [1.807, 2.05) is 20.8 Å². The summed E-state index contributed by atoms with van der Waals surface area (Å²) in [6.45, 7) is 6.62. The fraction of sp³-hybridized carbons (Fsp3) is 0.400. The Morgan fingerprint density at radius 1 is 1.25 bits per heavy atom. The molecule has 110 valence electrons. The standard InChI is InChI=1S/C15H19ClO4/c1-4-19-13-8-11(10(3)6-7-15(17)18)12(16)9-14(13)20-5-2/h6,8-9H,4-5,7H2,1-3H3,(H,17,18)/b10-6+. The van der Waals surface area contributed by atoms with Crippen molar-refractivity contribution in [2.24, 2.45) is 0 Å². The van der Waals surface area contributed by atoms with Gasteiger partial charge in [0.1, 0.15) is 0 Å². The Morgan fingerprint density at radius 2 is 1.80 bits per heavy atom. The second-order valence-electron chi connectivity index (χ2n) is 4.13. The lowest BCUT2D eigenvalue weighted by Gasteiger charge is -2.14. The molecule has 0 atom stereocenters. The fourth-order valence-electron chi connectivity index (χ4n) is 1.72. The van der Waals surface area contributed by atoms with Crippen molar-refractivity contribution in [3.8, 4) is 11.5 Å². The predicted molar refractivity (Wildman–Crippen MR) is 79.7 cm³/mol. The molecule has 1 rings (SSSR count). The molecule has 1 N–H and O–H groups in total. The molecule has 0 unspecified atom stereocenters. The summed E-state index contributed by atoms with van der Waals surface area (Å²) in [6.07, 6.45) is 1.58. The maximum Gasteiger partial charge on any atom is 0.307 e. The van der Waals surface area contributed by atoms with Crippen molar-refractivity contribution in [2.45, 2.75) is 27.2 Å². The molecule has 20 heavy (non-hydrogen) atoms. The van der Waals surface area contributed by atoms with Gasteiger partial charge >= 0.3 is 5.97 Å². The molecule has 5 heteroatoms. The topological polar surface area (TPSA) is 55.8 Å². The van der Waals surface area contributed by atoms with Crippen molar-refractivity contribution in [1.29, 1.82) is 0 Å². The summed E-state index contributed by atoms with van der Waals surface area (Å²) in [5.74, 6) is 0.322. The SMILES string of the molecule is CCOc1cc(Cl)c(/C(C)=C/CC(=O)O)cc1OCC. The van der Waals surface area contributed by atoms with E-state index in [2.05, 4.69) is 0 Å². The highest BCUT2D eigenvalue weighted by molar-refractivity contribution is 6.32. The fourth-order valence-corrected chi connectivity index (χ4v) is 2.03. The second kappa shape index (κ2) is 7.80. The van der Waals surface area contributed by atoms with Crippen LogP contribution < -0.4 is 9.47 Å². The van der Waals surface area contributed by atoms with Gasteiger partial charge < -0.3 is 14.6 Å². The number of ether oxygens (including phenoxy) is 2. The monoisotopic (exact) mass is 298 g/mol. The molecule has 4 nitrogen and oxygen atoms in total. The van der Waals surface area contributed by atoms with E-state index >= 15 is 0 Å². The maximum absolute atomic E-state index is 10.6. The van der Waals surface area contributed by atoms with Crippen LogP contribution in [0.5, 0.6) is 11.5 Å². The van der Waals surface area contributed by atoms with E-state index in [0.717, 1.165) is 11.1 Å². The van der Waals surface area contributed by atoms with Crippen LogP contribution in [0.3, 0.4) is 0 Å². The van der Waals surface area contributed by atoms with Gasteiger partial charge in [-0.15, -0.1) is 0 Å². The minimum absolute atomic E-state index is 0.0423. The number of aliphatic carboxylic acids is 1. The Bertz CT molecular complexity index is 509. The van der Waals surface area contributed by atoms with Crippen LogP contribution in [0, 0.1) is 0 Å². The first-order chi connectivity index (χ1) is 9.49. The van der Waals surface area contributed by atoms with Crippen LogP contribution >= 0.6 is 11.6 Å². The first-order valence-corrected chi connectivity index (χ1v) is 6.85. The zero-order valence-corrected chi connectivity index (χ0v) is 12.7. The van der Waals surface area contributed by atoms with Crippen LogP contribution in [0.4, 0.5) is 0 Å². The normalized spacial score (nSPS) is 11.3. The van der Waals surface area contributed by atoms with Gasteiger partial charge in [0.05, 0.1) is 24.7 Å². The van der Waals surface area contributed by atoms with Crippen LogP contribution in [0.15, 0.2) is 18.2 Å². The highest BCUT2D eigenvalue weighted by Crippen LogP contribution is 2.36. The van der Waals surface area contributed by atoms with Crippen molar-refractivity contribution in [3.63, 3.8) is 0 Å². The number of carbonyl (C=O) groups is 1. The largest absolute Gasteiger partial charge is 0.490 e. The molecule has 0 bridgehead atoms. The lowest BCUT2D eigenvalue weighted by atomic mass is 10.1. The van der Waals surface area contributed by atoms with Gasteiger partial charge in [-0.2, -0.15) is 0 Å². The Hall–Kier alpha value is -1.68. The van der Waals surface area contributed by atoms with Crippen LogP contribution in [-0.2, 0) is 4.79 Å². The second-order valence-corrected chi connectivity index (χ2v) is 4.54. The third-order valence-electron chi connectivity index (χ3n) is 2.64. The Morgan fingerprint density at radius 3 is 2.30 bits per heavy atom. The zero-order valence-electron chi connectivity index (χ0n) is 11.9. The molecule has 0 amide bonds. The van der Waals surface area contributed by atoms with E-state index in [-0.39, 0.29) is 6.42 Å². The summed E-state index contributed by atoms with van der Waals surface area (Å²) in [5.41, 5.74) is 1.54. The van der Waals surface area contributed by atoms with Gasteiger partial charge in [0, 0.05) is 6.07 Å². The molecule has 0 aliphatic carbocycles. The number of benzene rings is 1. The number of hydrogen-bond acceptors (Lipinski definition) is 3. The molecule has 0 aliphatic heterocycles. The molecule has 0 saturated heterocycles. The molecular weight excluding hydrogens is 280 g/mol. The predicted octanol–water partition coefficient (Wildman–Crippen LogP) is 4.02. The number of halogens is 1. The van der Waals surface area contributed by atoms with Gasteiger partial charge in [-0.05, 0) is 38.0 Å². The molecule has 0 spiro atoms. The highest BCUT2D eigenvalue weighted by Gasteiger charge is 2.12. The van der Waals surface area contributed by atoms with Gasteiger partial charge in [0.15, 0.2) is 11.5 Å². The van der Waals surface area contributed by atoms with E-state index in [1.54, 1.807) is 18.2 Å². The van der Waals surface area contributed by atoms with Gasteiger partial charge in [-0.25, -0.2) is 0 Å². The van der Waals surface area contributed by atoms with Crippen LogP contribution in [-0.4, -0.2) is 24.3 Å². The molecule has 1 aromatic rings. The third kappa shape index (κ3) is 4.46. The smallest absolute Gasteiger partial charge is 0.307 e. The molecule has 0 saturated carbocycles. The lowest BCUT2D eigenvalue weighted by molar-refractivity contribution is -0.135. The van der Waals surface area contributed by atoms with E-state index in [9.17, 15) is 4.79 Å². The Balaban J connectivity index is 3.16. The molecule has 0 radical (unpaired) electrons. The van der Waals surface area contributed by atoms with Crippen molar-refractivity contribution >= 4 is 23.1 Å². The number of hydrogen-bond donors (Lipinski definition) is 1. The minimum Gasteiger partial charge on any atom is -0.490 e. The van der Waals surface area contributed by atoms with E-state index in [4.69, 9.17) is 26.2 Å². The van der Waals surface area contributed by atoms with Crippen LogP contribution in [0.25, 0.3) is 5.57 Å². The van der Waals surface area contributed by atoms with Crippen molar-refractivity contribution in [1.82, 2.24) is 0 Å². The lowest BCUT2D eigenvalue weighted by Crippen LogP contribution is -2.00. The van der Waals surface area contributed by atoms with Crippen molar-refractivity contribution in [3.05, 3.63) is 28.8 Å². The quantitative estimate of drug-likeness (QED) is 0.826. The van der Waals surface area contributed by atoms with Gasteiger partial charge in [0.25, 0.3) is 0 Å². The summed E-state index contributed by atoms with van der Waals surface area (Å²) in [6, 6.07) is 3.48. The van der Waals surface area contributed by atoms with Gasteiger partial charge in [-0.1, -0.05) is 17.7 Å². The minimum atomic E-state index is -0.878. The molecular formula is C15H19ClO4. The highest BCUT2D eigenvalue weighted by atomic mass is 35.5. The number of carboxylic acid groups (broad SMARTS) is 1. The van der Waals surface area contributed by atoms with E-state index < -0.39 is 5.97 Å². The third-order valence-corrected chi connectivity index (χ3v) is 2.95. The van der Waals surface area contributed by atoms with E-state index in [0.29, 0.717) is 29.7 Å². The van der Waals surface area contributed by atoms with Crippen molar-refractivity contribution < 1.29 is 19.4 Å². The Labute approximate surface area is 124 Å². The van der Waals surface area contributed by atoms with Gasteiger partial charge in [-0.3, -0.25) is 4.79 Å². The first kappa shape index (κ1) is 16.4. The van der Waals surface area contributed by atoms with E-state index in [1.165, 1.54) is 0 Å². The summed E-state index contributed by atoms with van der Waals surface area (Å²) in [7, 11) is 0. The van der Waals surface area contributed by atoms with Crippen LogP contribution in [0.2, 0.25) is 5.02 Å². The Kier molecular flexibility index (Phi) is 6.39. The number of carboxylic acids is 1. The summed E-state index contributed by atoms with van der Waals surface area (Å²) in [4.78, 5) is 10.6. The summed E-state index contributed by atoms with van der Waals surface area (Å²) < 4.78 is 11.0. The summed E-state index contributed by atoms with van der Waals surface area (Å²) in [5, 5.41) is 9.22. The maximum atomic E-state index is 10.6. The van der Waals surface area contributed by atoms with Gasteiger partial charge in [0.2, 0.25) is 0 Å².